The molecule has 1 aromatic heterocycles. The van der Waals surface area contributed by atoms with E-state index in [1.165, 1.54) is 38.5 Å². The zero-order valence-electron chi connectivity index (χ0n) is 14.7. The van der Waals surface area contributed by atoms with Crippen LogP contribution in [-0.2, 0) is 0 Å². The highest BCUT2D eigenvalue weighted by atomic mass is 15.3. The fourth-order valence-corrected chi connectivity index (χ4v) is 3.68. The molecule has 5 nitrogen and oxygen atoms in total. The standard InChI is InChI=1S/C18H31N5/c1-3-22-10-12-23(13-11-22)17-14-15(2)19-18(21-17)20-16-8-6-4-5-7-9-16/h14,16H,3-13H2,1-2H3,(H,19,20,21). The highest BCUT2D eigenvalue weighted by molar-refractivity contribution is 5.45. The Balaban J connectivity index is 1.66. The molecule has 5 heteroatoms. The maximum absolute atomic E-state index is 4.82. The van der Waals surface area contributed by atoms with E-state index in [-0.39, 0.29) is 0 Å². The van der Waals surface area contributed by atoms with E-state index in [2.05, 4.69) is 40.0 Å². The Hall–Kier alpha value is -1.36. The van der Waals surface area contributed by atoms with Crippen LogP contribution in [0.2, 0.25) is 0 Å². The van der Waals surface area contributed by atoms with Crippen molar-refractivity contribution in [1.29, 1.82) is 0 Å². The van der Waals surface area contributed by atoms with Crippen LogP contribution in [0.15, 0.2) is 6.07 Å². The highest BCUT2D eigenvalue weighted by Crippen LogP contribution is 2.22. The van der Waals surface area contributed by atoms with Gasteiger partial charge in [-0.1, -0.05) is 32.6 Å². The molecule has 1 N–H and O–H groups in total. The van der Waals surface area contributed by atoms with Crippen LogP contribution in [0.25, 0.3) is 0 Å². The number of aryl methyl sites for hydroxylation is 1. The van der Waals surface area contributed by atoms with Crippen molar-refractivity contribution in [2.45, 2.75) is 58.4 Å². The van der Waals surface area contributed by atoms with Crippen LogP contribution >= 0.6 is 0 Å². The summed E-state index contributed by atoms with van der Waals surface area (Å²) in [6.07, 6.45) is 7.91. The normalized spacial score (nSPS) is 21.2. The first-order valence-corrected chi connectivity index (χ1v) is 9.34. The minimum absolute atomic E-state index is 0.545. The number of nitrogens with zero attached hydrogens (tertiary/aromatic N) is 4. The van der Waals surface area contributed by atoms with Crippen molar-refractivity contribution in [1.82, 2.24) is 14.9 Å². The predicted octanol–water partition coefficient (Wildman–Crippen LogP) is 3.06. The van der Waals surface area contributed by atoms with Gasteiger partial charge in [0.25, 0.3) is 0 Å². The summed E-state index contributed by atoms with van der Waals surface area (Å²) in [5, 5.41) is 3.60. The van der Waals surface area contributed by atoms with Gasteiger partial charge in [-0.2, -0.15) is 4.98 Å². The van der Waals surface area contributed by atoms with E-state index in [1.54, 1.807) is 0 Å². The van der Waals surface area contributed by atoms with E-state index in [9.17, 15) is 0 Å². The Kier molecular flexibility index (Phi) is 5.70. The number of aromatic nitrogens is 2. The Morgan fingerprint density at radius 2 is 1.74 bits per heavy atom. The average molecular weight is 317 g/mol. The molecule has 0 unspecified atom stereocenters. The minimum Gasteiger partial charge on any atom is -0.354 e. The van der Waals surface area contributed by atoms with E-state index in [4.69, 9.17) is 4.98 Å². The van der Waals surface area contributed by atoms with Crippen molar-refractivity contribution in [3.63, 3.8) is 0 Å². The predicted molar refractivity (Wildman–Crippen MR) is 96.2 cm³/mol. The third kappa shape index (κ3) is 4.56. The fourth-order valence-electron chi connectivity index (χ4n) is 3.68. The van der Waals surface area contributed by atoms with Crippen LogP contribution in [0, 0.1) is 6.92 Å². The van der Waals surface area contributed by atoms with Gasteiger partial charge < -0.3 is 15.1 Å². The van der Waals surface area contributed by atoms with Gasteiger partial charge in [-0.25, -0.2) is 4.98 Å². The molecular weight excluding hydrogens is 286 g/mol. The van der Waals surface area contributed by atoms with E-state index in [0.29, 0.717) is 6.04 Å². The van der Waals surface area contributed by atoms with Gasteiger partial charge >= 0.3 is 0 Å². The van der Waals surface area contributed by atoms with Crippen LogP contribution in [-0.4, -0.2) is 53.6 Å². The molecular formula is C18H31N5. The Bertz CT molecular complexity index is 488. The van der Waals surface area contributed by atoms with E-state index in [1.807, 2.05) is 0 Å². The van der Waals surface area contributed by atoms with Gasteiger partial charge in [0.15, 0.2) is 0 Å². The molecule has 0 spiro atoms. The second kappa shape index (κ2) is 7.95. The first kappa shape index (κ1) is 16.5. The topological polar surface area (TPSA) is 44.3 Å². The molecule has 2 heterocycles. The van der Waals surface area contributed by atoms with Crippen LogP contribution in [0.1, 0.15) is 51.1 Å². The first-order chi connectivity index (χ1) is 11.2. The van der Waals surface area contributed by atoms with Gasteiger partial charge in [0.2, 0.25) is 5.95 Å². The van der Waals surface area contributed by atoms with Crippen molar-refractivity contribution >= 4 is 11.8 Å². The fraction of sp³-hybridized carbons (Fsp3) is 0.778. The average Bonchev–Trinajstić information content (AvgIpc) is 2.83. The molecule has 1 aliphatic carbocycles. The maximum Gasteiger partial charge on any atom is 0.225 e. The molecule has 1 saturated heterocycles. The molecule has 1 aromatic rings. The molecule has 23 heavy (non-hydrogen) atoms. The molecule has 3 rings (SSSR count). The zero-order chi connectivity index (χ0) is 16.1. The summed E-state index contributed by atoms with van der Waals surface area (Å²) >= 11 is 0. The third-order valence-corrected chi connectivity index (χ3v) is 5.17. The first-order valence-electron chi connectivity index (χ1n) is 9.34. The Labute approximate surface area is 140 Å². The molecule has 2 aliphatic rings. The molecule has 0 bridgehead atoms. The zero-order valence-corrected chi connectivity index (χ0v) is 14.7. The number of piperazine rings is 1. The Morgan fingerprint density at radius 3 is 2.39 bits per heavy atom. The number of hydrogen-bond acceptors (Lipinski definition) is 5. The van der Waals surface area contributed by atoms with Crippen LogP contribution in [0.4, 0.5) is 11.8 Å². The number of anilines is 2. The molecule has 1 aliphatic heterocycles. The molecule has 0 amide bonds. The highest BCUT2D eigenvalue weighted by Gasteiger charge is 2.19. The van der Waals surface area contributed by atoms with Crippen molar-refractivity contribution < 1.29 is 0 Å². The van der Waals surface area contributed by atoms with Gasteiger partial charge in [0.1, 0.15) is 5.82 Å². The van der Waals surface area contributed by atoms with Crippen molar-refractivity contribution in [3.05, 3.63) is 11.8 Å². The van der Waals surface area contributed by atoms with Gasteiger partial charge in [-0.15, -0.1) is 0 Å². The van der Waals surface area contributed by atoms with Crippen molar-refractivity contribution in [3.8, 4) is 0 Å². The Morgan fingerprint density at radius 1 is 1.04 bits per heavy atom. The number of hydrogen-bond donors (Lipinski definition) is 1. The lowest BCUT2D eigenvalue weighted by Crippen LogP contribution is -2.46. The monoisotopic (exact) mass is 317 g/mol. The van der Waals surface area contributed by atoms with E-state index in [0.717, 1.165) is 50.2 Å². The van der Waals surface area contributed by atoms with E-state index >= 15 is 0 Å². The quantitative estimate of drug-likeness (QED) is 0.865. The molecule has 128 valence electrons. The summed E-state index contributed by atoms with van der Waals surface area (Å²) in [5.41, 5.74) is 1.06. The van der Waals surface area contributed by atoms with Crippen LogP contribution in [0.5, 0.6) is 0 Å². The summed E-state index contributed by atoms with van der Waals surface area (Å²) in [5.74, 6) is 1.91. The van der Waals surface area contributed by atoms with Gasteiger partial charge in [0, 0.05) is 44.0 Å². The molecule has 1 saturated carbocycles. The number of rotatable bonds is 4. The van der Waals surface area contributed by atoms with Crippen molar-refractivity contribution in [2.75, 3.05) is 42.9 Å². The molecule has 2 fully saturated rings. The van der Waals surface area contributed by atoms with E-state index < -0.39 is 0 Å². The van der Waals surface area contributed by atoms with Crippen LogP contribution in [0.3, 0.4) is 0 Å². The minimum atomic E-state index is 0.545. The second-order valence-corrected chi connectivity index (χ2v) is 6.95. The van der Waals surface area contributed by atoms with Crippen molar-refractivity contribution in [2.24, 2.45) is 0 Å². The largest absolute Gasteiger partial charge is 0.354 e. The summed E-state index contributed by atoms with van der Waals surface area (Å²) < 4.78 is 0. The molecule has 0 atom stereocenters. The summed E-state index contributed by atoms with van der Waals surface area (Å²) in [7, 11) is 0. The second-order valence-electron chi connectivity index (χ2n) is 6.95. The lowest BCUT2D eigenvalue weighted by Gasteiger charge is -2.35. The maximum atomic E-state index is 4.82. The molecule has 0 aromatic carbocycles. The van der Waals surface area contributed by atoms with Gasteiger partial charge in [-0.3, -0.25) is 0 Å². The third-order valence-electron chi connectivity index (χ3n) is 5.17. The number of nitrogens with one attached hydrogen (secondary N) is 1. The lowest BCUT2D eigenvalue weighted by molar-refractivity contribution is 0.270. The SMILES string of the molecule is CCN1CCN(c2cc(C)nc(NC3CCCCCC3)n2)CC1. The molecule has 0 radical (unpaired) electrons. The smallest absolute Gasteiger partial charge is 0.225 e. The summed E-state index contributed by atoms with van der Waals surface area (Å²) in [6.45, 7) is 9.84. The summed E-state index contributed by atoms with van der Waals surface area (Å²) in [6, 6.07) is 2.67. The van der Waals surface area contributed by atoms with Gasteiger partial charge in [-0.05, 0) is 26.3 Å². The van der Waals surface area contributed by atoms with Gasteiger partial charge in [0.05, 0.1) is 0 Å². The van der Waals surface area contributed by atoms with Crippen LogP contribution < -0.4 is 10.2 Å². The number of likely N-dealkylation sites (N-methyl/N-ethyl adjacent to an activating group) is 1. The lowest BCUT2D eigenvalue weighted by atomic mass is 10.1. The summed E-state index contributed by atoms with van der Waals surface area (Å²) in [4.78, 5) is 14.3.